The summed E-state index contributed by atoms with van der Waals surface area (Å²) >= 11 is 0. The van der Waals surface area contributed by atoms with Crippen LogP contribution in [0.2, 0.25) is 0 Å². The molecule has 80 valence electrons. The largest absolute Gasteiger partial charge is 2.00 e. The summed E-state index contributed by atoms with van der Waals surface area (Å²) in [6, 6.07) is 6.99. The first-order valence-electron chi connectivity index (χ1n) is 4.62. The molecule has 0 bridgehead atoms. The standard InChI is InChI=1S/C11H14FO.BrH.Mg/c1-2-3-4-8-13-11-7-5-6-10(12)9-11;;/h6-7,9H,2-4,8H2,1H3;1H;/q-1;;+2/p-1. The van der Waals surface area contributed by atoms with Crippen molar-refractivity contribution in [3.8, 4) is 5.75 Å². The summed E-state index contributed by atoms with van der Waals surface area (Å²) < 4.78 is 17.9. The molecule has 1 aromatic carbocycles. The third-order valence-electron chi connectivity index (χ3n) is 1.74. The van der Waals surface area contributed by atoms with Crippen LogP contribution >= 0.6 is 0 Å². The molecular weight excluding hydrogens is 271 g/mol. The van der Waals surface area contributed by atoms with E-state index in [1.54, 1.807) is 6.07 Å². The summed E-state index contributed by atoms with van der Waals surface area (Å²) in [6.45, 7) is 2.79. The third kappa shape index (κ3) is 8.05. The molecule has 0 spiro atoms. The average Bonchev–Trinajstić information content (AvgIpc) is 2.13. The smallest absolute Gasteiger partial charge is 1.00 e. The van der Waals surface area contributed by atoms with Crippen LogP contribution in [0.25, 0.3) is 0 Å². The Morgan fingerprint density at radius 1 is 1.33 bits per heavy atom. The van der Waals surface area contributed by atoms with E-state index in [0.29, 0.717) is 12.4 Å². The van der Waals surface area contributed by atoms with Crippen molar-refractivity contribution in [1.29, 1.82) is 0 Å². The molecule has 1 rings (SSSR count). The topological polar surface area (TPSA) is 9.23 Å². The van der Waals surface area contributed by atoms with Crippen molar-refractivity contribution in [3.05, 3.63) is 30.1 Å². The van der Waals surface area contributed by atoms with Gasteiger partial charge < -0.3 is 21.7 Å². The molecule has 0 saturated heterocycles. The predicted molar refractivity (Wildman–Crippen MR) is 56.0 cm³/mol. The van der Waals surface area contributed by atoms with Gasteiger partial charge in [0.25, 0.3) is 0 Å². The number of halogens is 2. The van der Waals surface area contributed by atoms with Gasteiger partial charge in [0.15, 0.2) is 0 Å². The summed E-state index contributed by atoms with van der Waals surface area (Å²) in [7, 11) is 0. The van der Waals surface area contributed by atoms with Gasteiger partial charge in [-0.1, -0.05) is 25.8 Å². The maximum absolute atomic E-state index is 12.6. The van der Waals surface area contributed by atoms with Crippen LogP contribution in [-0.4, -0.2) is 29.7 Å². The zero-order valence-electron chi connectivity index (χ0n) is 8.93. The fourth-order valence-corrected chi connectivity index (χ4v) is 1.05. The van der Waals surface area contributed by atoms with E-state index in [1.165, 1.54) is 18.6 Å². The normalized spacial score (nSPS) is 8.67. The second-order valence-electron chi connectivity index (χ2n) is 2.94. The van der Waals surface area contributed by atoms with E-state index in [4.69, 9.17) is 4.74 Å². The Labute approximate surface area is 117 Å². The number of hydrogen-bond acceptors (Lipinski definition) is 1. The van der Waals surface area contributed by atoms with E-state index >= 15 is 0 Å². The summed E-state index contributed by atoms with van der Waals surface area (Å²) in [5.74, 6) is 0.268. The maximum Gasteiger partial charge on any atom is 2.00 e. The molecule has 0 radical (unpaired) electrons. The third-order valence-corrected chi connectivity index (χ3v) is 1.74. The van der Waals surface area contributed by atoms with Gasteiger partial charge in [-0.3, -0.25) is 4.39 Å². The van der Waals surface area contributed by atoms with Gasteiger partial charge in [0.2, 0.25) is 0 Å². The Morgan fingerprint density at radius 2 is 2.07 bits per heavy atom. The molecule has 0 aliphatic heterocycles. The molecule has 0 amide bonds. The Bertz CT molecular complexity index is 258. The minimum absolute atomic E-state index is 0. The van der Waals surface area contributed by atoms with Crippen LogP contribution in [0, 0.1) is 11.9 Å². The molecule has 0 heterocycles. The van der Waals surface area contributed by atoms with Crippen LogP contribution in [0.3, 0.4) is 0 Å². The van der Waals surface area contributed by atoms with Gasteiger partial charge in [-0.25, -0.2) is 0 Å². The maximum atomic E-state index is 12.6. The Balaban J connectivity index is 0. The van der Waals surface area contributed by atoms with Gasteiger partial charge in [-0.15, -0.1) is 12.1 Å². The van der Waals surface area contributed by atoms with Gasteiger partial charge in [0, 0.05) is 11.6 Å². The molecule has 0 saturated carbocycles. The minimum Gasteiger partial charge on any atom is -1.00 e. The zero-order chi connectivity index (χ0) is 9.52. The molecule has 0 fully saturated rings. The van der Waals surface area contributed by atoms with Gasteiger partial charge in [-0.2, -0.15) is 6.07 Å². The van der Waals surface area contributed by atoms with Crippen molar-refractivity contribution >= 4 is 23.1 Å². The van der Waals surface area contributed by atoms with Crippen molar-refractivity contribution in [1.82, 2.24) is 0 Å². The molecule has 4 heteroatoms. The first-order chi connectivity index (χ1) is 6.33. The number of unbranched alkanes of at least 4 members (excludes halogenated alkanes) is 2. The molecule has 1 aromatic rings. The van der Waals surface area contributed by atoms with E-state index in [1.807, 2.05) is 0 Å². The summed E-state index contributed by atoms with van der Waals surface area (Å²) in [4.78, 5) is 0. The molecule has 0 N–H and O–H groups in total. The van der Waals surface area contributed by atoms with Crippen LogP contribution in [0.15, 0.2) is 18.2 Å². The monoisotopic (exact) mass is 284 g/mol. The number of hydrogen-bond donors (Lipinski definition) is 0. The van der Waals surface area contributed by atoms with Crippen molar-refractivity contribution in [2.45, 2.75) is 26.2 Å². The molecular formula is C11H14BrFMgO. The van der Waals surface area contributed by atoms with E-state index in [9.17, 15) is 4.39 Å². The minimum atomic E-state index is -0.298. The average molecular weight is 285 g/mol. The molecule has 0 aliphatic carbocycles. The van der Waals surface area contributed by atoms with Crippen LogP contribution < -0.4 is 21.7 Å². The van der Waals surface area contributed by atoms with E-state index in [-0.39, 0.29) is 45.9 Å². The van der Waals surface area contributed by atoms with Crippen molar-refractivity contribution in [2.75, 3.05) is 6.61 Å². The van der Waals surface area contributed by atoms with E-state index in [0.717, 1.165) is 12.8 Å². The number of ether oxygens (including phenoxy) is 1. The Kier molecular flexibility index (Phi) is 12.6. The molecule has 1 nitrogen and oxygen atoms in total. The number of rotatable bonds is 5. The Hall–Kier alpha value is 0.196. The van der Waals surface area contributed by atoms with Gasteiger partial charge in [0.1, 0.15) is 0 Å². The second kappa shape index (κ2) is 10.7. The fourth-order valence-electron chi connectivity index (χ4n) is 1.05. The number of benzene rings is 1. The van der Waals surface area contributed by atoms with Gasteiger partial charge in [-0.05, 0) is 6.42 Å². The van der Waals surface area contributed by atoms with Gasteiger partial charge in [0.05, 0.1) is 6.61 Å². The van der Waals surface area contributed by atoms with E-state index in [2.05, 4.69) is 13.0 Å². The van der Waals surface area contributed by atoms with Crippen LogP contribution in [0.4, 0.5) is 4.39 Å². The SMILES string of the molecule is CCCCCOc1c[c-]cc(F)c1.[Br-].[Mg+2]. The summed E-state index contributed by atoms with van der Waals surface area (Å²) in [5.41, 5.74) is 0. The zero-order valence-corrected chi connectivity index (χ0v) is 11.9. The van der Waals surface area contributed by atoms with Crippen LogP contribution in [-0.2, 0) is 0 Å². The van der Waals surface area contributed by atoms with Crippen LogP contribution in [0.1, 0.15) is 26.2 Å². The van der Waals surface area contributed by atoms with Crippen molar-refractivity contribution < 1.29 is 26.1 Å². The molecule has 15 heavy (non-hydrogen) atoms. The molecule has 0 aliphatic rings. The molecule has 0 unspecified atom stereocenters. The second-order valence-corrected chi connectivity index (χ2v) is 2.94. The first kappa shape index (κ1) is 17.6. The Morgan fingerprint density at radius 3 is 2.67 bits per heavy atom. The van der Waals surface area contributed by atoms with Crippen LogP contribution in [0.5, 0.6) is 5.75 Å². The summed E-state index contributed by atoms with van der Waals surface area (Å²) in [6.07, 6.45) is 3.34. The summed E-state index contributed by atoms with van der Waals surface area (Å²) in [5, 5.41) is 0. The molecule has 0 atom stereocenters. The predicted octanol–water partition coefficient (Wildman–Crippen LogP) is -0.182. The van der Waals surface area contributed by atoms with Crippen molar-refractivity contribution in [2.24, 2.45) is 0 Å². The quantitative estimate of drug-likeness (QED) is 0.414. The molecule has 0 aromatic heterocycles. The first-order valence-corrected chi connectivity index (χ1v) is 4.62. The van der Waals surface area contributed by atoms with Crippen molar-refractivity contribution in [3.63, 3.8) is 0 Å². The fraction of sp³-hybridized carbons (Fsp3) is 0.455. The van der Waals surface area contributed by atoms with E-state index < -0.39 is 0 Å². The van der Waals surface area contributed by atoms with Gasteiger partial charge >= 0.3 is 23.1 Å².